The number of benzene rings is 2. The lowest BCUT2D eigenvalue weighted by atomic mass is 9.46. The molecule has 6 rings (SSSR count). The number of ketones is 1. The van der Waals surface area contributed by atoms with E-state index >= 15 is 0 Å². The lowest BCUT2D eigenvalue weighted by Gasteiger charge is -2.58. The first-order valence-corrected chi connectivity index (χ1v) is 15.2. The first-order chi connectivity index (χ1) is 17.1. The number of carbonyl (C=O) groups is 1. The number of nitrogens with zero attached hydrogens (tertiary/aromatic N) is 1. The standard InChI is InChI=1S/C31H39NO3S/c1-30-16-7-10-24(30)23-14-13-20-18-27(33)29(19-31(20,2)25(23)15-17-30)36(34,35)28-12-6-8-21-22(28)9-5-11-26(21)32(3)4/h5-6,8-9,11-12,19-20,23-25H,7,10,13-18H2,1-4H3/t20?,23-,24-,25-,30-,31-/m0/s1. The maximum atomic E-state index is 14.2. The van der Waals surface area contributed by atoms with Gasteiger partial charge < -0.3 is 4.90 Å². The molecule has 0 heterocycles. The second-order valence-corrected chi connectivity index (χ2v) is 14.7. The molecule has 3 fully saturated rings. The molecule has 0 bridgehead atoms. The number of anilines is 1. The van der Waals surface area contributed by atoms with Crippen LogP contribution < -0.4 is 4.90 Å². The fourth-order valence-electron chi connectivity index (χ4n) is 8.93. The van der Waals surface area contributed by atoms with Crippen molar-refractivity contribution in [2.75, 3.05) is 19.0 Å². The van der Waals surface area contributed by atoms with Crippen molar-refractivity contribution in [3.63, 3.8) is 0 Å². The topological polar surface area (TPSA) is 54.5 Å². The lowest BCUT2D eigenvalue weighted by Crippen LogP contribution is -2.52. The molecule has 3 saturated carbocycles. The molecule has 0 amide bonds. The van der Waals surface area contributed by atoms with Crippen LogP contribution in [0.4, 0.5) is 5.69 Å². The van der Waals surface area contributed by atoms with Crippen LogP contribution in [0.15, 0.2) is 52.3 Å². The van der Waals surface area contributed by atoms with E-state index in [0.717, 1.165) is 29.8 Å². The Morgan fingerprint density at radius 3 is 2.42 bits per heavy atom. The van der Waals surface area contributed by atoms with Crippen LogP contribution in [0.1, 0.15) is 65.2 Å². The minimum Gasteiger partial charge on any atom is -0.377 e. The fourth-order valence-corrected chi connectivity index (χ4v) is 10.7. The molecule has 0 N–H and O–H groups in total. The highest BCUT2D eigenvalue weighted by Crippen LogP contribution is 2.65. The molecule has 4 aliphatic carbocycles. The van der Waals surface area contributed by atoms with Gasteiger partial charge in [-0.15, -0.1) is 0 Å². The Bertz CT molecular complexity index is 1380. The van der Waals surface area contributed by atoms with Crippen LogP contribution >= 0.6 is 0 Å². The van der Waals surface area contributed by atoms with Gasteiger partial charge in [0.1, 0.15) is 4.91 Å². The van der Waals surface area contributed by atoms with Gasteiger partial charge in [-0.3, -0.25) is 4.79 Å². The van der Waals surface area contributed by atoms with Crippen molar-refractivity contribution in [2.24, 2.45) is 34.5 Å². The first-order valence-electron chi connectivity index (χ1n) is 13.8. The van der Waals surface area contributed by atoms with Crippen molar-refractivity contribution in [3.05, 3.63) is 47.4 Å². The lowest BCUT2D eigenvalue weighted by molar-refractivity contribution is -0.122. The summed E-state index contributed by atoms with van der Waals surface area (Å²) in [7, 11) is -0.0205. The van der Waals surface area contributed by atoms with Gasteiger partial charge in [0.25, 0.3) is 0 Å². The van der Waals surface area contributed by atoms with Crippen molar-refractivity contribution < 1.29 is 13.2 Å². The van der Waals surface area contributed by atoms with Crippen LogP contribution in [0.25, 0.3) is 10.8 Å². The minimum absolute atomic E-state index is 0.0458. The molecule has 2 aromatic carbocycles. The van der Waals surface area contributed by atoms with Gasteiger partial charge >= 0.3 is 0 Å². The van der Waals surface area contributed by atoms with Crippen LogP contribution in [-0.4, -0.2) is 28.3 Å². The highest BCUT2D eigenvalue weighted by Gasteiger charge is 2.58. The van der Waals surface area contributed by atoms with Gasteiger partial charge in [0.2, 0.25) is 9.84 Å². The molecular formula is C31H39NO3S. The predicted molar refractivity (Wildman–Crippen MR) is 146 cm³/mol. The van der Waals surface area contributed by atoms with Crippen LogP contribution in [0, 0.1) is 34.5 Å². The van der Waals surface area contributed by atoms with Gasteiger partial charge in [-0.05, 0) is 85.2 Å². The van der Waals surface area contributed by atoms with Crippen molar-refractivity contribution in [2.45, 2.75) is 70.1 Å². The zero-order valence-electron chi connectivity index (χ0n) is 22.1. The second kappa shape index (κ2) is 8.18. The van der Waals surface area contributed by atoms with Crippen LogP contribution in [-0.2, 0) is 14.6 Å². The molecule has 2 aromatic rings. The highest BCUT2D eigenvalue weighted by molar-refractivity contribution is 7.96. The number of allylic oxidation sites excluding steroid dienone is 2. The molecular weight excluding hydrogens is 466 g/mol. The number of hydrogen-bond acceptors (Lipinski definition) is 4. The van der Waals surface area contributed by atoms with Gasteiger partial charge in [-0.25, -0.2) is 8.42 Å². The Hall–Kier alpha value is -2.14. The maximum absolute atomic E-state index is 14.2. The van der Waals surface area contributed by atoms with Crippen molar-refractivity contribution >= 4 is 32.1 Å². The van der Waals surface area contributed by atoms with Crippen LogP contribution in [0.3, 0.4) is 0 Å². The molecule has 4 nitrogen and oxygen atoms in total. The third-order valence-electron chi connectivity index (χ3n) is 10.8. The van der Waals surface area contributed by atoms with Gasteiger partial charge in [-0.2, -0.15) is 0 Å². The summed E-state index contributed by atoms with van der Waals surface area (Å²) in [5, 5.41) is 1.58. The summed E-state index contributed by atoms with van der Waals surface area (Å²) in [6, 6.07) is 11.2. The number of carbonyl (C=O) groups excluding carboxylic acids is 1. The molecule has 0 radical (unpaired) electrons. The quantitative estimate of drug-likeness (QED) is 0.461. The second-order valence-electron chi connectivity index (χ2n) is 12.8. The molecule has 0 aliphatic heterocycles. The molecule has 0 aromatic heterocycles. The molecule has 1 unspecified atom stereocenters. The average Bonchev–Trinajstić information content (AvgIpc) is 3.25. The van der Waals surface area contributed by atoms with Gasteiger partial charge in [0.15, 0.2) is 5.78 Å². The Labute approximate surface area is 216 Å². The highest BCUT2D eigenvalue weighted by atomic mass is 32.2. The molecule has 4 aliphatic rings. The summed E-state index contributed by atoms with van der Waals surface area (Å²) in [5.74, 6) is 1.93. The summed E-state index contributed by atoms with van der Waals surface area (Å²) < 4.78 is 28.4. The van der Waals surface area contributed by atoms with E-state index in [-0.39, 0.29) is 26.9 Å². The zero-order chi connectivity index (χ0) is 25.5. The van der Waals surface area contributed by atoms with E-state index < -0.39 is 9.84 Å². The Balaban J connectivity index is 1.46. The van der Waals surface area contributed by atoms with Gasteiger partial charge in [0.05, 0.1) is 4.90 Å². The smallest absolute Gasteiger partial charge is 0.210 e. The van der Waals surface area contributed by atoms with Gasteiger partial charge in [-0.1, -0.05) is 50.6 Å². The minimum atomic E-state index is -3.94. The molecule has 0 spiro atoms. The van der Waals surface area contributed by atoms with E-state index in [1.54, 1.807) is 12.1 Å². The van der Waals surface area contributed by atoms with Crippen LogP contribution in [0.5, 0.6) is 0 Å². The van der Waals surface area contributed by atoms with E-state index in [4.69, 9.17) is 0 Å². The number of fused-ring (bicyclic) bond motifs is 6. The number of rotatable bonds is 3. The molecule has 6 atom stereocenters. The predicted octanol–water partition coefficient (Wildman–Crippen LogP) is 6.79. The summed E-state index contributed by atoms with van der Waals surface area (Å²) in [6.45, 7) is 4.77. The maximum Gasteiger partial charge on any atom is 0.210 e. The number of hydrogen-bond donors (Lipinski definition) is 0. The molecule has 0 saturated heterocycles. The summed E-state index contributed by atoms with van der Waals surface area (Å²) in [4.78, 5) is 15.8. The monoisotopic (exact) mass is 505 g/mol. The number of sulfone groups is 1. The van der Waals surface area contributed by atoms with Crippen LogP contribution in [0.2, 0.25) is 0 Å². The average molecular weight is 506 g/mol. The van der Waals surface area contributed by atoms with Crippen molar-refractivity contribution in [1.29, 1.82) is 0 Å². The Morgan fingerprint density at radius 1 is 0.889 bits per heavy atom. The van der Waals surface area contributed by atoms with Crippen molar-refractivity contribution in [3.8, 4) is 0 Å². The molecule has 192 valence electrons. The Morgan fingerprint density at radius 2 is 1.64 bits per heavy atom. The normalized spacial score (nSPS) is 36.1. The third kappa shape index (κ3) is 3.37. The van der Waals surface area contributed by atoms with E-state index in [0.29, 0.717) is 29.1 Å². The largest absolute Gasteiger partial charge is 0.377 e. The summed E-state index contributed by atoms with van der Waals surface area (Å²) in [6.07, 6.45) is 10.9. The SMILES string of the molecule is CN(C)c1cccc2c(S(=O)(=O)C3=C[C@@]4(C)C(CC[C@H]5[C@@H]6CCC[C@@]6(C)CC[C@@H]54)CC3=O)cccc12. The summed E-state index contributed by atoms with van der Waals surface area (Å²) in [5.41, 5.74) is 1.20. The summed E-state index contributed by atoms with van der Waals surface area (Å²) >= 11 is 0. The number of Topliss-reactive ketones (excluding diaryl/α,β-unsaturated/α-hetero) is 1. The van der Waals surface area contributed by atoms with E-state index in [1.807, 2.05) is 49.3 Å². The molecule has 5 heteroatoms. The first kappa shape index (κ1) is 24.2. The van der Waals surface area contributed by atoms with E-state index in [1.165, 1.54) is 32.1 Å². The van der Waals surface area contributed by atoms with Gasteiger partial charge in [0, 0.05) is 37.0 Å². The zero-order valence-corrected chi connectivity index (χ0v) is 22.9. The fraction of sp³-hybridized carbons (Fsp3) is 0.581. The van der Waals surface area contributed by atoms with Crippen molar-refractivity contribution in [1.82, 2.24) is 0 Å². The Kier molecular flexibility index (Phi) is 5.50. The third-order valence-corrected chi connectivity index (χ3v) is 12.7. The molecule has 36 heavy (non-hydrogen) atoms. The van der Waals surface area contributed by atoms with E-state index in [2.05, 4.69) is 13.8 Å². The van der Waals surface area contributed by atoms with E-state index in [9.17, 15) is 13.2 Å².